The molecule has 0 aromatic carbocycles. The number of H-pyrrole nitrogens is 1. The molecule has 0 saturated carbocycles. The summed E-state index contributed by atoms with van der Waals surface area (Å²) in [6.07, 6.45) is 3.98. The number of hydrogen-bond acceptors (Lipinski definition) is 4. The lowest BCUT2D eigenvalue weighted by atomic mass is 10.0. The average Bonchev–Trinajstić information content (AvgIpc) is 2.86. The van der Waals surface area contributed by atoms with Crippen molar-refractivity contribution in [3.05, 3.63) is 11.6 Å². The summed E-state index contributed by atoms with van der Waals surface area (Å²) < 4.78 is 5.37. The van der Waals surface area contributed by atoms with Crippen LogP contribution < -0.4 is 5.32 Å². The molecule has 1 aliphatic rings. The Morgan fingerprint density at radius 2 is 2.50 bits per heavy atom. The van der Waals surface area contributed by atoms with E-state index in [1.807, 2.05) is 0 Å². The molecule has 1 amide bonds. The largest absolute Gasteiger partial charge is 0.381 e. The standard InChI is InChI=1S/C12H20N4O2/c1-2-4-10-14-11(16-15-10)12(17)13-7-9-5-3-6-18-8-9/h9H,2-8H2,1H3,(H,13,17)(H,14,15,16). The highest BCUT2D eigenvalue weighted by Crippen LogP contribution is 2.12. The zero-order valence-electron chi connectivity index (χ0n) is 10.7. The minimum atomic E-state index is -0.209. The molecule has 1 unspecified atom stereocenters. The first kappa shape index (κ1) is 13.0. The van der Waals surface area contributed by atoms with Crippen molar-refractivity contribution in [1.29, 1.82) is 0 Å². The van der Waals surface area contributed by atoms with E-state index in [2.05, 4.69) is 27.4 Å². The molecule has 1 saturated heterocycles. The van der Waals surface area contributed by atoms with Crippen molar-refractivity contribution in [1.82, 2.24) is 20.5 Å². The number of amides is 1. The highest BCUT2D eigenvalue weighted by atomic mass is 16.5. The second kappa shape index (κ2) is 6.49. The molecule has 0 bridgehead atoms. The Balaban J connectivity index is 1.79. The number of aryl methyl sites for hydroxylation is 1. The SMILES string of the molecule is CCCc1nc(C(=O)NCC2CCCOC2)n[nH]1. The fourth-order valence-electron chi connectivity index (χ4n) is 2.03. The van der Waals surface area contributed by atoms with E-state index in [1.54, 1.807) is 0 Å². The zero-order chi connectivity index (χ0) is 12.8. The highest BCUT2D eigenvalue weighted by molar-refractivity contribution is 5.90. The third-order valence-corrected chi connectivity index (χ3v) is 3.03. The first-order chi connectivity index (χ1) is 8.79. The van der Waals surface area contributed by atoms with Gasteiger partial charge in [0.25, 0.3) is 5.91 Å². The van der Waals surface area contributed by atoms with Crippen molar-refractivity contribution in [3.63, 3.8) is 0 Å². The molecule has 0 aliphatic carbocycles. The van der Waals surface area contributed by atoms with Gasteiger partial charge in [-0.2, -0.15) is 0 Å². The van der Waals surface area contributed by atoms with Gasteiger partial charge in [0.2, 0.25) is 5.82 Å². The van der Waals surface area contributed by atoms with E-state index in [0.717, 1.165) is 44.7 Å². The minimum Gasteiger partial charge on any atom is -0.381 e. The van der Waals surface area contributed by atoms with Crippen LogP contribution in [0.2, 0.25) is 0 Å². The van der Waals surface area contributed by atoms with E-state index in [1.165, 1.54) is 0 Å². The maximum atomic E-state index is 11.8. The second-order valence-electron chi connectivity index (χ2n) is 4.65. The summed E-state index contributed by atoms with van der Waals surface area (Å²) >= 11 is 0. The van der Waals surface area contributed by atoms with Crippen LogP contribution in [0.1, 0.15) is 42.6 Å². The van der Waals surface area contributed by atoms with Gasteiger partial charge in [-0.25, -0.2) is 4.98 Å². The molecule has 1 atom stereocenters. The van der Waals surface area contributed by atoms with Crippen LogP contribution in [0.25, 0.3) is 0 Å². The molecule has 2 rings (SSSR count). The number of rotatable bonds is 5. The topological polar surface area (TPSA) is 79.9 Å². The number of carbonyl (C=O) groups is 1. The number of hydrogen-bond donors (Lipinski definition) is 2. The molecular formula is C12H20N4O2. The molecular weight excluding hydrogens is 232 g/mol. The number of carbonyl (C=O) groups excluding carboxylic acids is 1. The van der Waals surface area contributed by atoms with Gasteiger partial charge in [-0.3, -0.25) is 9.89 Å². The van der Waals surface area contributed by atoms with Crippen molar-refractivity contribution >= 4 is 5.91 Å². The number of nitrogens with one attached hydrogen (secondary N) is 2. The zero-order valence-corrected chi connectivity index (χ0v) is 10.7. The van der Waals surface area contributed by atoms with Crippen LogP contribution in [-0.4, -0.2) is 40.8 Å². The normalized spacial score (nSPS) is 19.7. The van der Waals surface area contributed by atoms with Gasteiger partial charge >= 0.3 is 0 Å². The van der Waals surface area contributed by atoms with Gasteiger partial charge < -0.3 is 10.1 Å². The predicted molar refractivity (Wildman–Crippen MR) is 66.3 cm³/mol. The number of aromatic nitrogens is 3. The molecule has 2 heterocycles. The molecule has 2 N–H and O–H groups in total. The molecule has 18 heavy (non-hydrogen) atoms. The molecule has 0 radical (unpaired) electrons. The Morgan fingerprint density at radius 3 is 3.22 bits per heavy atom. The summed E-state index contributed by atoms with van der Waals surface area (Å²) in [5.41, 5.74) is 0. The number of nitrogens with zero attached hydrogens (tertiary/aromatic N) is 2. The van der Waals surface area contributed by atoms with Crippen molar-refractivity contribution in [3.8, 4) is 0 Å². The van der Waals surface area contributed by atoms with Crippen LogP contribution >= 0.6 is 0 Å². The van der Waals surface area contributed by atoms with E-state index in [-0.39, 0.29) is 11.7 Å². The van der Waals surface area contributed by atoms with Crippen LogP contribution in [-0.2, 0) is 11.2 Å². The van der Waals surface area contributed by atoms with E-state index in [4.69, 9.17) is 4.74 Å². The fraction of sp³-hybridized carbons (Fsp3) is 0.750. The minimum absolute atomic E-state index is 0.209. The van der Waals surface area contributed by atoms with Crippen molar-refractivity contribution in [2.75, 3.05) is 19.8 Å². The lowest BCUT2D eigenvalue weighted by Crippen LogP contribution is -2.33. The van der Waals surface area contributed by atoms with E-state index in [0.29, 0.717) is 12.5 Å². The summed E-state index contributed by atoms with van der Waals surface area (Å²) in [6, 6.07) is 0. The third-order valence-electron chi connectivity index (χ3n) is 3.03. The van der Waals surface area contributed by atoms with Gasteiger partial charge in [-0.1, -0.05) is 6.92 Å². The van der Waals surface area contributed by atoms with Crippen LogP contribution in [0.3, 0.4) is 0 Å². The average molecular weight is 252 g/mol. The first-order valence-corrected chi connectivity index (χ1v) is 6.56. The maximum Gasteiger partial charge on any atom is 0.290 e. The van der Waals surface area contributed by atoms with Gasteiger partial charge in [0.05, 0.1) is 6.61 Å². The van der Waals surface area contributed by atoms with Crippen LogP contribution in [0.15, 0.2) is 0 Å². The Hall–Kier alpha value is -1.43. The predicted octanol–water partition coefficient (Wildman–Crippen LogP) is 0.914. The first-order valence-electron chi connectivity index (χ1n) is 6.56. The Kier molecular flexibility index (Phi) is 4.69. The number of ether oxygens (including phenoxy) is 1. The van der Waals surface area contributed by atoms with Crippen LogP contribution in [0, 0.1) is 5.92 Å². The third kappa shape index (κ3) is 3.53. The smallest absolute Gasteiger partial charge is 0.290 e. The van der Waals surface area contributed by atoms with E-state index >= 15 is 0 Å². The molecule has 1 aromatic heterocycles. The van der Waals surface area contributed by atoms with E-state index in [9.17, 15) is 4.79 Å². The number of aromatic amines is 1. The van der Waals surface area contributed by atoms with Crippen molar-refractivity contribution in [2.24, 2.45) is 5.92 Å². The van der Waals surface area contributed by atoms with Gasteiger partial charge in [0, 0.05) is 19.6 Å². The Morgan fingerprint density at radius 1 is 1.61 bits per heavy atom. The van der Waals surface area contributed by atoms with Crippen LogP contribution in [0.5, 0.6) is 0 Å². The molecule has 6 nitrogen and oxygen atoms in total. The van der Waals surface area contributed by atoms with E-state index < -0.39 is 0 Å². The van der Waals surface area contributed by atoms with Crippen molar-refractivity contribution < 1.29 is 9.53 Å². The van der Waals surface area contributed by atoms with Gasteiger partial charge in [0.15, 0.2) is 0 Å². The maximum absolute atomic E-state index is 11.8. The summed E-state index contributed by atoms with van der Waals surface area (Å²) in [7, 11) is 0. The molecule has 1 aromatic rings. The molecule has 1 fully saturated rings. The summed E-state index contributed by atoms with van der Waals surface area (Å²) in [5.74, 6) is 1.20. The second-order valence-corrected chi connectivity index (χ2v) is 4.65. The fourth-order valence-corrected chi connectivity index (χ4v) is 2.03. The molecule has 6 heteroatoms. The van der Waals surface area contributed by atoms with Gasteiger partial charge in [-0.15, -0.1) is 5.10 Å². The monoisotopic (exact) mass is 252 g/mol. The summed E-state index contributed by atoms with van der Waals surface area (Å²) in [4.78, 5) is 16.0. The Bertz CT molecular complexity index is 385. The lowest BCUT2D eigenvalue weighted by Gasteiger charge is -2.21. The van der Waals surface area contributed by atoms with Gasteiger partial charge in [0.1, 0.15) is 5.82 Å². The summed E-state index contributed by atoms with van der Waals surface area (Å²) in [6.45, 7) is 4.27. The Labute approximate surface area is 107 Å². The van der Waals surface area contributed by atoms with Crippen molar-refractivity contribution in [2.45, 2.75) is 32.6 Å². The molecule has 100 valence electrons. The lowest BCUT2D eigenvalue weighted by molar-refractivity contribution is 0.0535. The summed E-state index contributed by atoms with van der Waals surface area (Å²) in [5, 5.41) is 9.56. The van der Waals surface area contributed by atoms with Gasteiger partial charge in [-0.05, 0) is 25.2 Å². The molecule has 0 spiro atoms. The quantitative estimate of drug-likeness (QED) is 0.816. The molecule has 1 aliphatic heterocycles. The highest BCUT2D eigenvalue weighted by Gasteiger charge is 2.17. The van der Waals surface area contributed by atoms with Crippen LogP contribution in [0.4, 0.5) is 0 Å².